The van der Waals surface area contributed by atoms with Crippen molar-refractivity contribution in [3.63, 3.8) is 0 Å². The highest BCUT2D eigenvalue weighted by Crippen LogP contribution is 2.43. The fourth-order valence-electron chi connectivity index (χ4n) is 3.37. The average molecular weight is 487 g/mol. The zero-order chi connectivity index (χ0) is 25.5. The first-order valence-electron chi connectivity index (χ1n) is 10.0. The molecule has 0 aromatic heterocycles. The predicted molar refractivity (Wildman–Crippen MR) is 112 cm³/mol. The van der Waals surface area contributed by atoms with Crippen LogP contribution >= 0.6 is 0 Å². The molecule has 5 N–H and O–H groups in total. The van der Waals surface area contributed by atoms with Crippen LogP contribution in [-0.4, -0.2) is 42.2 Å². The number of benzene rings is 2. The number of halogens is 5. The number of nitrogens with one attached hydrogen (secondary N) is 2. The molecule has 1 saturated carbocycles. The summed E-state index contributed by atoms with van der Waals surface area (Å²) >= 11 is 0. The van der Waals surface area contributed by atoms with Crippen LogP contribution in [-0.2, 0) is 15.0 Å². The van der Waals surface area contributed by atoms with Gasteiger partial charge in [-0.3, -0.25) is 9.59 Å². The quantitative estimate of drug-likeness (QED) is 0.447. The number of amides is 2. The number of aliphatic carboxylic acids is 1. The van der Waals surface area contributed by atoms with Crippen LogP contribution in [0.25, 0.3) is 0 Å². The SMILES string of the molecule is NC(=O)c1cc(F)c(F)cc1NCC(=O)NCC1(c2ccccc2)CCC1.O=C(O)C(F)(F)F. The van der Waals surface area contributed by atoms with E-state index in [0.29, 0.717) is 6.54 Å². The van der Waals surface area contributed by atoms with Crippen LogP contribution < -0.4 is 16.4 Å². The van der Waals surface area contributed by atoms with Gasteiger partial charge in [0.15, 0.2) is 11.6 Å². The minimum absolute atomic E-state index is 0.0158. The second-order valence-electron chi connectivity index (χ2n) is 7.61. The van der Waals surface area contributed by atoms with Gasteiger partial charge in [0, 0.05) is 18.0 Å². The van der Waals surface area contributed by atoms with Gasteiger partial charge in [-0.1, -0.05) is 36.8 Å². The van der Waals surface area contributed by atoms with Crippen molar-refractivity contribution in [2.24, 2.45) is 5.73 Å². The van der Waals surface area contributed by atoms with E-state index in [0.717, 1.165) is 31.4 Å². The summed E-state index contributed by atoms with van der Waals surface area (Å²) in [6, 6.07) is 11.6. The molecular weight excluding hydrogens is 465 g/mol. The van der Waals surface area contributed by atoms with Gasteiger partial charge in [0.05, 0.1) is 17.8 Å². The molecule has 0 radical (unpaired) electrons. The molecule has 2 amide bonds. The summed E-state index contributed by atoms with van der Waals surface area (Å²) in [5.41, 5.74) is 6.09. The van der Waals surface area contributed by atoms with E-state index in [1.807, 2.05) is 18.2 Å². The lowest BCUT2D eigenvalue weighted by atomic mass is 9.64. The maximum absolute atomic E-state index is 13.4. The van der Waals surface area contributed by atoms with Crippen molar-refractivity contribution in [2.75, 3.05) is 18.4 Å². The van der Waals surface area contributed by atoms with Gasteiger partial charge in [0.1, 0.15) is 0 Å². The van der Waals surface area contributed by atoms with Gasteiger partial charge in [0.2, 0.25) is 5.91 Å². The standard InChI is InChI=1S/C20H21F2N3O2.C2HF3O2/c21-15-9-14(19(23)27)17(10-16(15)22)24-11-18(26)25-12-20(7-4-8-20)13-5-2-1-3-6-13;3-2(4,5)1(6)7/h1-3,5-6,9-10,24H,4,7-8,11-12H2,(H2,23,27)(H,25,26);(H,6,7). The Morgan fingerprint density at radius 1 is 1.03 bits per heavy atom. The molecule has 1 aliphatic carbocycles. The summed E-state index contributed by atoms with van der Waals surface area (Å²) < 4.78 is 58.4. The maximum atomic E-state index is 13.4. The van der Waals surface area contributed by atoms with Crippen molar-refractivity contribution in [3.8, 4) is 0 Å². The number of alkyl halides is 3. The van der Waals surface area contributed by atoms with Crippen LogP contribution in [0, 0.1) is 11.6 Å². The van der Waals surface area contributed by atoms with E-state index in [1.54, 1.807) is 0 Å². The number of hydrogen-bond donors (Lipinski definition) is 4. The van der Waals surface area contributed by atoms with Crippen LogP contribution in [0.3, 0.4) is 0 Å². The average Bonchev–Trinajstić information content (AvgIpc) is 2.74. The monoisotopic (exact) mass is 487 g/mol. The fraction of sp³-hybridized carbons (Fsp3) is 0.318. The number of nitrogens with two attached hydrogens (primary N) is 1. The van der Waals surface area contributed by atoms with Gasteiger partial charge in [-0.2, -0.15) is 13.2 Å². The molecule has 1 fully saturated rings. The van der Waals surface area contributed by atoms with Crippen molar-refractivity contribution in [1.29, 1.82) is 0 Å². The minimum Gasteiger partial charge on any atom is -0.475 e. The second kappa shape index (κ2) is 10.9. The molecule has 12 heteroatoms. The third-order valence-electron chi connectivity index (χ3n) is 5.33. The second-order valence-corrected chi connectivity index (χ2v) is 7.61. The Bertz CT molecular complexity index is 1040. The van der Waals surface area contributed by atoms with Crippen molar-refractivity contribution >= 4 is 23.5 Å². The van der Waals surface area contributed by atoms with E-state index >= 15 is 0 Å². The largest absolute Gasteiger partial charge is 0.490 e. The molecule has 34 heavy (non-hydrogen) atoms. The Hall–Kier alpha value is -3.70. The van der Waals surface area contributed by atoms with E-state index < -0.39 is 29.7 Å². The Kier molecular flexibility index (Phi) is 8.55. The summed E-state index contributed by atoms with van der Waals surface area (Å²) in [6.07, 6.45) is -1.97. The van der Waals surface area contributed by atoms with Gasteiger partial charge in [-0.05, 0) is 24.5 Å². The molecule has 2 aromatic carbocycles. The van der Waals surface area contributed by atoms with Crippen molar-refractivity contribution < 1.29 is 41.4 Å². The number of anilines is 1. The van der Waals surface area contributed by atoms with E-state index in [2.05, 4.69) is 22.8 Å². The lowest BCUT2D eigenvalue weighted by Gasteiger charge is -2.42. The fourth-order valence-corrected chi connectivity index (χ4v) is 3.37. The summed E-state index contributed by atoms with van der Waals surface area (Å²) in [7, 11) is 0. The first-order valence-corrected chi connectivity index (χ1v) is 10.0. The molecule has 184 valence electrons. The molecule has 0 bridgehead atoms. The lowest BCUT2D eigenvalue weighted by molar-refractivity contribution is -0.192. The molecule has 7 nitrogen and oxygen atoms in total. The smallest absolute Gasteiger partial charge is 0.475 e. The van der Waals surface area contributed by atoms with Gasteiger partial charge in [-0.25, -0.2) is 13.6 Å². The third-order valence-corrected chi connectivity index (χ3v) is 5.33. The highest BCUT2D eigenvalue weighted by Gasteiger charge is 2.39. The molecule has 0 atom stereocenters. The number of carbonyl (C=O) groups excluding carboxylic acids is 2. The molecule has 0 spiro atoms. The number of carboxylic acids is 1. The van der Waals surface area contributed by atoms with Crippen molar-refractivity contribution in [2.45, 2.75) is 30.9 Å². The molecule has 2 aromatic rings. The Labute approximate surface area is 191 Å². The highest BCUT2D eigenvalue weighted by molar-refractivity contribution is 5.99. The van der Waals surface area contributed by atoms with E-state index in [9.17, 15) is 31.5 Å². The summed E-state index contributed by atoms with van der Waals surface area (Å²) in [4.78, 5) is 32.5. The first kappa shape index (κ1) is 26.6. The molecule has 0 heterocycles. The van der Waals surface area contributed by atoms with Crippen molar-refractivity contribution in [3.05, 3.63) is 65.2 Å². The van der Waals surface area contributed by atoms with E-state index in [1.165, 1.54) is 5.56 Å². The molecule has 0 aliphatic heterocycles. The van der Waals surface area contributed by atoms with Gasteiger partial charge in [0.25, 0.3) is 5.91 Å². The Morgan fingerprint density at radius 2 is 1.59 bits per heavy atom. The minimum atomic E-state index is -5.08. The first-order chi connectivity index (χ1) is 15.9. The number of hydrogen-bond acceptors (Lipinski definition) is 4. The van der Waals surface area contributed by atoms with Gasteiger partial charge in [-0.15, -0.1) is 0 Å². The molecule has 1 aliphatic rings. The zero-order valence-electron chi connectivity index (χ0n) is 17.7. The zero-order valence-corrected chi connectivity index (χ0v) is 17.7. The summed E-state index contributed by atoms with van der Waals surface area (Å²) in [5.74, 6) is -6.27. The van der Waals surface area contributed by atoms with Gasteiger partial charge < -0.3 is 21.5 Å². The summed E-state index contributed by atoms with van der Waals surface area (Å²) in [5, 5.41) is 12.7. The lowest BCUT2D eigenvalue weighted by Crippen LogP contribution is -2.46. The van der Waals surface area contributed by atoms with Gasteiger partial charge >= 0.3 is 12.1 Å². The number of carboxylic acid groups (broad SMARTS) is 1. The van der Waals surface area contributed by atoms with Crippen molar-refractivity contribution in [1.82, 2.24) is 5.32 Å². The van der Waals surface area contributed by atoms with Crippen LogP contribution in [0.5, 0.6) is 0 Å². The number of primary amides is 1. The van der Waals surface area contributed by atoms with Crippen LogP contribution in [0.4, 0.5) is 27.6 Å². The number of carbonyl (C=O) groups is 3. The Balaban J connectivity index is 0.000000509. The number of rotatable bonds is 7. The molecular formula is C22H22F5N3O4. The third kappa shape index (κ3) is 6.90. The maximum Gasteiger partial charge on any atom is 0.490 e. The highest BCUT2D eigenvalue weighted by atomic mass is 19.4. The predicted octanol–water partition coefficient (Wildman–Crippen LogP) is 3.35. The Morgan fingerprint density at radius 3 is 2.06 bits per heavy atom. The van der Waals surface area contributed by atoms with E-state index in [-0.39, 0.29) is 29.1 Å². The van der Waals surface area contributed by atoms with Crippen LogP contribution in [0.15, 0.2) is 42.5 Å². The molecule has 0 saturated heterocycles. The van der Waals surface area contributed by atoms with Crippen LogP contribution in [0.2, 0.25) is 0 Å². The molecule has 0 unspecified atom stereocenters. The van der Waals surface area contributed by atoms with Crippen LogP contribution in [0.1, 0.15) is 35.2 Å². The normalized spacial score (nSPS) is 14.1. The van der Waals surface area contributed by atoms with E-state index in [4.69, 9.17) is 15.6 Å². The summed E-state index contributed by atoms with van der Waals surface area (Å²) in [6.45, 7) is 0.314. The topological polar surface area (TPSA) is 122 Å². The molecule has 3 rings (SSSR count).